The minimum absolute atomic E-state index is 0.510. The van der Waals surface area contributed by atoms with Crippen molar-refractivity contribution in [3.05, 3.63) is 12.7 Å². The smallest absolute Gasteiger partial charge is 0.0702 e. The normalized spacial score (nSPS) is 29.5. The fraction of sp³-hybridized carbons (Fsp3) is 0.833. The molecule has 0 amide bonds. The van der Waals surface area contributed by atoms with Crippen LogP contribution >= 0.6 is 0 Å². The average Bonchev–Trinajstić information content (AvgIpc) is 2.74. The molecular formula is C12H22N2O. The minimum Gasteiger partial charge on any atom is -0.377 e. The van der Waals surface area contributed by atoms with Crippen LogP contribution in [0.3, 0.4) is 0 Å². The van der Waals surface area contributed by atoms with E-state index >= 15 is 0 Å². The van der Waals surface area contributed by atoms with E-state index in [-0.39, 0.29) is 0 Å². The first-order chi connectivity index (χ1) is 7.38. The maximum atomic E-state index is 5.66. The third-order valence-corrected chi connectivity index (χ3v) is 3.34. The number of hydrogen-bond donors (Lipinski definition) is 0. The van der Waals surface area contributed by atoms with Gasteiger partial charge in [-0.2, -0.15) is 0 Å². The van der Waals surface area contributed by atoms with Crippen molar-refractivity contribution in [1.29, 1.82) is 0 Å². The summed E-state index contributed by atoms with van der Waals surface area (Å²) in [6.07, 6.45) is 5.01. The molecule has 1 atom stereocenters. The first-order valence-electron chi connectivity index (χ1n) is 6.05. The Morgan fingerprint density at radius 1 is 1.20 bits per heavy atom. The predicted molar refractivity (Wildman–Crippen MR) is 62.1 cm³/mol. The van der Waals surface area contributed by atoms with Gasteiger partial charge in [-0.05, 0) is 12.8 Å². The summed E-state index contributed by atoms with van der Waals surface area (Å²) in [5, 5.41) is 0. The molecule has 0 aromatic carbocycles. The molecule has 15 heavy (non-hydrogen) atoms. The van der Waals surface area contributed by atoms with Crippen LogP contribution in [0.4, 0.5) is 0 Å². The highest BCUT2D eigenvalue weighted by Gasteiger charge is 2.22. The molecule has 0 radical (unpaired) electrons. The van der Waals surface area contributed by atoms with E-state index < -0.39 is 0 Å². The number of ether oxygens (including phenoxy) is 1. The quantitative estimate of drug-likeness (QED) is 0.643. The lowest BCUT2D eigenvalue weighted by molar-refractivity contribution is 0.0526. The zero-order chi connectivity index (χ0) is 10.5. The van der Waals surface area contributed by atoms with Crippen LogP contribution in [0, 0.1) is 0 Å². The van der Waals surface area contributed by atoms with Gasteiger partial charge in [0.1, 0.15) is 0 Å². The second kappa shape index (κ2) is 5.64. The van der Waals surface area contributed by atoms with E-state index in [1.165, 1.54) is 39.0 Å². The highest BCUT2D eigenvalue weighted by atomic mass is 16.5. The molecule has 0 aliphatic carbocycles. The second-order valence-corrected chi connectivity index (χ2v) is 4.52. The Morgan fingerprint density at radius 2 is 1.93 bits per heavy atom. The zero-order valence-corrected chi connectivity index (χ0v) is 9.53. The molecule has 0 unspecified atom stereocenters. The minimum atomic E-state index is 0.510. The van der Waals surface area contributed by atoms with Crippen LogP contribution in [-0.2, 0) is 4.74 Å². The molecule has 0 bridgehead atoms. The van der Waals surface area contributed by atoms with Crippen molar-refractivity contribution in [2.24, 2.45) is 0 Å². The highest BCUT2D eigenvalue weighted by molar-refractivity contribution is 4.80. The Hall–Kier alpha value is -0.380. The van der Waals surface area contributed by atoms with Crippen LogP contribution in [0.25, 0.3) is 0 Å². The van der Waals surface area contributed by atoms with Gasteiger partial charge in [-0.15, -0.1) is 6.58 Å². The fourth-order valence-electron chi connectivity index (χ4n) is 2.41. The molecule has 3 heteroatoms. The summed E-state index contributed by atoms with van der Waals surface area (Å²) in [6, 6.07) is 0. The Morgan fingerprint density at radius 3 is 2.53 bits per heavy atom. The van der Waals surface area contributed by atoms with E-state index in [0.717, 1.165) is 19.7 Å². The number of hydrogen-bond acceptors (Lipinski definition) is 3. The van der Waals surface area contributed by atoms with Crippen LogP contribution in [0.2, 0.25) is 0 Å². The van der Waals surface area contributed by atoms with Gasteiger partial charge in [0.05, 0.1) is 6.10 Å². The van der Waals surface area contributed by atoms with Gasteiger partial charge in [0.2, 0.25) is 0 Å². The van der Waals surface area contributed by atoms with Crippen LogP contribution in [0.15, 0.2) is 12.7 Å². The molecule has 2 fully saturated rings. The van der Waals surface area contributed by atoms with Gasteiger partial charge in [-0.3, -0.25) is 9.80 Å². The van der Waals surface area contributed by atoms with Gasteiger partial charge in [0.25, 0.3) is 0 Å². The molecule has 0 aromatic rings. The molecule has 2 rings (SSSR count). The summed E-state index contributed by atoms with van der Waals surface area (Å²) in [5.74, 6) is 0. The summed E-state index contributed by atoms with van der Waals surface area (Å²) in [5.41, 5.74) is 0. The molecular weight excluding hydrogens is 188 g/mol. The molecule has 86 valence electrons. The summed E-state index contributed by atoms with van der Waals surface area (Å²) in [7, 11) is 0. The molecule has 2 aliphatic rings. The van der Waals surface area contributed by atoms with Crippen molar-refractivity contribution in [1.82, 2.24) is 9.80 Å². The molecule has 3 nitrogen and oxygen atoms in total. The summed E-state index contributed by atoms with van der Waals surface area (Å²) >= 11 is 0. The Balaban J connectivity index is 1.66. The summed E-state index contributed by atoms with van der Waals surface area (Å²) in [4.78, 5) is 4.99. The molecule has 0 N–H and O–H groups in total. The molecule has 0 spiro atoms. The van der Waals surface area contributed by atoms with E-state index in [0.29, 0.717) is 6.10 Å². The van der Waals surface area contributed by atoms with Crippen LogP contribution in [0.5, 0.6) is 0 Å². The lowest BCUT2D eigenvalue weighted by Gasteiger charge is -2.35. The molecule has 0 aromatic heterocycles. The van der Waals surface area contributed by atoms with Crippen molar-refractivity contribution in [2.45, 2.75) is 18.9 Å². The van der Waals surface area contributed by atoms with Crippen LogP contribution in [-0.4, -0.2) is 61.8 Å². The highest BCUT2D eigenvalue weighted by Crippen LogP contribution is 2.14. The monoisotopic (exact) mass is 210 g/mol. The average molecular weight is 210 g/mol. The third kappa shape index (κ3) is 3.30. The van der Waals surface area contributed by atoms with E-state index in [1.807, 2.05) is 6.08 Å². The van der Waals surface area contributed by atoms with E-state index in [9.17, 15) is 0 Å². The second-order valence-electron chi connectivity index (χ2n) is 4.52. The zero-order valence-electron chi connectivity index (χ0n) is 9.53. The van der Waals surface area contributed by atoms with Gasteiger partial charge < -0.3 is 4.74 Å². The molecule has 2 aliphatic heterocycles. The molecule has 2 heterocycles. The van der Waals surface area contributed by atoms with Gasteiger partial charge in [0, 0.05) is 45.9 Å². The predicted octanol–water partition coefficient (Wildman–Crippen LogP) is 0.969. The lowest BCUT2D eigenvalue weighted by Crippen LogP contribution is -2.48. The van der Waals surface area contributed by atoms with Crippen LogP contribution < -0.4 is 0 Å². The first-order valence-corrected chi connectivity index (χ1v) is 6.05. The maximum Gasteiger partial charge on any atom is 0.0702 e. The van der Waals surface area contributed by atoms with Crippen molar-refractivity contribution in [3.63, 3.8) is 0 Å². The Kier molecular flexibility index (Phi) is 4.18. The van der Waals surface area contributed by atoms with Gasteiger partial charge >= 0.3 is 0 Å². The summed E-state index contributed by atoms with van der Waals surface area (Å²) in [6.45, 7) is 11.7. The van der Waals surface area contributed by atoms with Gasteiger partial charge in [-0.1, -0.05) is 6.08 Å². The fourth-order valence-corrected chi connectivity index (χ4v) is 2.41. The van der Waals surface area contributed by atoms with Crippen molar-refractivity contribution < 1.29 is 4.74 Å². The summed E-state index contributed by atoms with van der Waals surface area (Å²) < 4.78 is 5.66. The number of nitrogens with zero attached hydrogens (tertiary/aromatic N) is 2. The Bertz CT molecular complexity index is 194. The number of rotatable bonds is 4. The Labute approximate surface area is 92.7 Å². The van der Waals surface area contributed by atoms with Gasteiger partial charge in [-0.25, -0.2) is 0 Å². The lowest BCUT2D eigenvalue weighted by atomic mass is 10.2. The van der Waals surface area contributed by atoms with E-state index in [1.54, 1.807) is 0 Å². The van der Waals surface area contributed by atoms with Crippen molar-refractivity contribution in [3.8, 4) is 0 Å². The largest absolute Gasteiger partial charge is 0.377 e. The first kappa shape index (κ1) is 11.1. The van der Waals surface area contributed by atoms with E-state index in [4.69, 9.17) is 4.74 Å². The molecule has 0 saturated carbocycles. The van der Waals surface area contributed by atoms with Crippen molar-refractivity contribution in [2.75, 3.05) is 45.9 Å². The maximum absolute atomic E-state index is 5.66. The number of piperazine rings is 1. The standard InChI is InChI=1S/C12H22N2O/c1-2-5-13-6-8-14(9-7-13)11-12-4-3-10-15-12/h2,12H,1,3-11H2/t12-/m0/s1. The SMILES string of the molecule is C=CCN1CCN(C[C@@H]2CCCO2)CC1. The van der Waals surface area contributed by atoms with Gasteiger partial charge in [0.15, 0.2) is 0 Å². The topological polar surface area (TPSA) is 15.7 Å². The molecule has 2 saturated heterocycles. The third-order valence-electron chi connectivity index (χ3n) is 3.34. The van der Waals surface area contributed by atoms with Crippen molar-refractivity contribution >= 4 is 0 Å². The van der Waals surface area contributed by atoms with Crippen LogP contribution in [0.1, 0.15) is 12.8 Å². The van der Waals surface area contributed by atoms with E-state index in [2.05, 4.69) is 16.4 Å².